The van der Waals surface area contributed by atoms with Crippen LogP contribution in [0.4, 0.5) is 0 Å². The van der Waals surface area contributed by atoms with Crippen LogP contribution >= 0.6 is 0 Å². The minimum absolute atomic E-state index is 0.139. The fourth-order valence-electron chi connectivity index (χ4n) is 1.55. The normalized spacial score (nSPS) is 13.6. The van der Waals surface area contributed by atoms with Gasteiger partial charge < -0.3 is 15.3 Å². The summed E-state index contributed by atoms with van der Waals surface area (Å²) >= 11 is 0. The highest BCUT2D eigenvalue weighted by molar-refractivity contribution is 6.34. The molecule has 0 bridgehead atoms. The van der Waals surface area contributed by atoms with E-state index in [9.17, 15) is 19.5 Å². The molecule has 0 saturated heterocycles. The number of Topliss-reactive ketones (excluding diaryl/α,β-unsaturated/α-hetero) is 1. The van der Waals surface area contributed by atoms with Crippen LogP contribution in [0.2, 0.25) is 0 Å². The maximum atomic E-state index is 11.4. The van der Waals surface area contributed by atoms with Crippen molar-refractivity contribution in [2.75, 3.05) is 0 Å². The Hall–Kier alpha value is -2.21. The van der Waals surface area contributed by atoms with Gasteiger partial charge in [0.2, 0.25) is 5.78 Å². The highest BCUT2D eigenvalue weighted by atomic mass is 16.4. The summed E-state index contributed by atoms with van der Waals surface area (Å²) in [5.74, 6) is -6.18. The first-order valence-corrected chi connectivity index (χ1v) is 5.15. The van der Waals surface area contributed by atoms with Crippen molar-refractivity contribution in [1.82, 2.24) is 0 Å². The van der Waals surface area contributed by atoms with Crippen LogP contribution in [-0.2, 0) is 20.8 Å². The molecule has 0 heterocycles. The van der Waals surface area contributed by atoms with E-state index >= 15 is 0 Å². The summed E-state index contributed by atoms with van der Waals surface area (Å²) in [6, 6.07) is 8.31. The van der Waals surface area contributed by atoms with Crippen molar-refractivity contribution >= 4 is 17.7 Å². The quantitative estimate of drug-likeness (QED) is 0.612. The van der Waals surface area contributed by atoms with Crippen molar-refractivity contribution in [1.29, 1.82) is 0 Å². The van der Waals surface area contributed by atoms with Crippen molar-refractivity contribution in [3.8, 4) is 0 Å². The SMILES string of the molecule is O=C(O)C(=O)C(Cc1ccccc1)C(O)C(=O)O. The summed E-state index contributed by atoms with van der Waals surface area (Å²) in [6.45, 7) is 0. The Morgan fingerprint density at radius 1 is 1.06 bits per heavy atom. The second-order valence-corrected chi connectivity index (χ2v) is 3.75. The molecule has 0 radical (unpaired) electrons. The summed E-state index contributed by atoms with van der Waals surface area (Å²) in [5.41, 5.74) is 0.581. The summed E-state index contributed by atoms with van der Waals surface area (Å²) < 4.78 is 0. The predicted octanol–water partition coefficient (Wildman–Crippen LogP) is -0.0555. The molecule has 0 aliphatic rings. The molecule has 1 rings (SSSR count). The van der Waals surface area contributed by atoms with Gasteiger partial charge in [-0.25, -0.2) is 9.59 Å². The Kier molecular flexibility index (Phi) is 4.56. The zero-order valence-electron chi connectivity index (χ0n) is 9.31. The van der Waals surface area contributed by atoms with Crippen LogP contribution in [-0.4, -0.2) is 39.1 Å². The molecule has 1 aromatic carbocycles. The Labute approximate surface area is 102 Å². The lowest BCUT2D eigenvalue weighted by Crippen LogP contribution is -2.39. The lowest BCUT2D eigenvalue weighted by Gasteiger charge is -2.16. The van der Waals surface area contributed by atoms with Crippen LogP contribution in [0, 0.1) is 5.92 Å². The summed E-state index contributed by atoms with van der Waals surface area (Å²) in [7, 11) is 0. The Morgan fingerprint density at radius 3 is 2.06 bits per heavy atom. The summed E-state index contributed by atoms with van der Waals surface area (Å²) in [4.78, 5) is 32.6. The number of ketones is 1. The molecular weight excluding hydrogens is 240 g/mol. The standard InChI is InChI=1S/C12H12O6/c13-9(11(15)16)8(10(14)12(17)18)6-7-4-2-1-3-5-7/h1-5,8-9,13H,6H2,(H,15,16)(H,17,18). The van der Waals surface area contributed by atoms with Gasteiger partial charge in [0.25, 0.3) is 0 Å². The minimum Gasteiger partial charge on any atom is -0.479 e. The average molecular weight is 252 g/mol. The third kappa shape index (κ3) is 3.39. The number of carbonyl (C=O) groups is 3. The molecule has 6 nitrogen and oxygen atoms in total. The van der Waals surface area contributed by atoms with E-state index in [1.807, 2.05) is 0 Å². The van der Waals surface area contributed by atoms with Gasteiger partial charge in [-0.1, -0.05) is 30.3 Å². The Balaban J connectivity index is 2.95. The number of carboxylic acids is 2. The van der Waals surface area contributed by atoms with Gasteiger partial charge in [0.15, 0.2) is 6.10 Å². The number of aliphatic hydroxyl groups excluding tert-OH is 1. The molecule has 3 N–H and O–H groups in total. The number of aliphatic carboxylic acids is 2. The molecule has 0 aromatic heterocycles. The van der Waals surface area contributed by atoms with Gasteiger partial charge >= 0.3 is 11.9 Å². The number of benzene rings is 1. The second-order valence-electron chi connectivity index (χ2n) is 3.75. The fraction of sp³-hybridized carbons (Fsp3) is 0.250. The average Bonchev–Trinajstić information content (AvgIpc) is 2.35. The molecule has 0 spiro atoms. The van der Waals surface area contributed by atoms with Crippen LogP contribution in [0.5, 0.6) is 0 Å². The van der Waals surface area contributed by atoms with E-state index in [0.29, 0.717) is 5.56 Å². The zero-order valence-corrected chi connectivity index (χ0v) is 9.31. The van der Waals surface area contributed by atoms with Crippen LogP contribution in [0.3, 0.4) is 0 Å². The molecule has 18 heavy (non-hydrogen) atoms. The van der Waals surface area contributed by atoms with E-state index in [4.69, 9.17) is 10.2 Å². The van der Waals surface area contributed by atoms with Crippen LogP contribution in [0.15, 0.2) is 30.3 Å². The molecular formula is C12H12O6. The molecule has 2 atom stereocenters. The van der Waals surface area contributed by atoms with Gasteiger partial charge in [-0.2, -0.15) is 0 Å². The molecule has 1 aromatic rings. The highest BCUT2D eigenvalue weighted by Gasteiger charge is 2.35. The van der Waals surface area contributed by atoms with E-state index in [-0.39, 0.29) is 6.42 Å². The first kappa shape index (κ1) is 13.9. The van der Waals surface area contributed by atoms with E-state index in [2.05, 4.69) is 0 Å². The summed E-state index contributed by atoms with van der Waals surface area (Å²) in [5, 5.41) is 26.7. The maximum Gasteiger partial charge on any atom is 0.372 e. The minimum atomic E-state index is -2.03. The zero-order chi connectivity index (χ0) is 13.7. The van der Waals surface area contributed by atoms with E-state index in [1.54, 1.807) is 30.3 Å². The lowest BCUT2D eigenvalue weighted by molar-refractivity contribution is -0.158. The van der Waals surface area contributed by atoms with Crippen molar-refractivity contribution in [3.63, 3.8) is 0 Å². The van der Waals surface area contributed by atoms with Crippen LogP contribution in [0.1, 0.15) is 5.56 Å². The second kappa shape index (κ2) is 5.92. The number of carbonyl (C=O) groups excluding carboxylic acids is 1. The van der Waals surface area contributed by atoms with Gasteiger partial charge in [-0.3, -0.25) is 4.79 Å². The van der Waals surface area contributed by atoms with Crippen LogP contribution in [0.25, 0.3) is 0 Å². The monoisotopic (exact) mass is 252 g/mol. The van der Waals surface area contributed by atoms with Crippen molar-refractivity contribution in [3.05, 3.63) is 35.9 Å². The number of hydrogen-bond acceptors (Lipinski definition) is 4. The molecule has 0 fully saturated rings. The van der Waals surface area contributed by atoms with Gasteiger partial charge in [-0.05, 0) is 12.0 Å². The van der Waals surface area contributed by atoms with E-state index < -0.39 is 29.7 Å². The van der Waals surface area contributed by atoms with Crippen LogP contribution < -0.4 is 0 Å². The van der Waals surface area contributed by atoms with E-state index in [0.717, 1.165) is 0 Å². The number of hydrogen-bond donors (Lipinski definition) is 3. The van der Waals surface area contributed by atoms with Gasteiger partial charge in [0.05, 0.1) is 5.92 Å². The lowest BCUT2D eigenvalue weighted by atomic mass is 9.90. The van der Waals surface area contributed by atoms with Gasteiger partial charge in [0, 0.05) is 0 Å². The number of carboxylic acid groups (broad SMARTS) is 2. The van der Waals surface area contributed by atoms with E-state index in [1.165, 1.54) is 0 Å². The third-order valence-corrected chi connectivity index (χ3v) is 2.48. The first-order valence-electron chi connectivity index (χ1n) is 5.15. The fourth-order valence-corrected chi connectivity index (χ4v) is 1.55. The molecule has 2 unspecified atom stereocenters. The molecule has 0 saturated carbocycles. The maximum absolute atomic E-state index is 11.4. The third-order valence-electron chi connectivity index (χ3n) is 2.48. The molecule has 0 aliphatic heterocycles. The Morgan fingerprint density at radius 2 is 1.61 bits per heavy atom. The largest absolute Gasteiger partial charge is 0.479 e. The number of aliphatic hydroxyl groups is 1. The molecule has 0 amide bonds. The first-order chi connectivity index (χ1) is 8.43. The highest BCUT2D eigenvalue weighted by Crippen LogP contribution is 2.14. The molecule has 6 heteroatoms. The summed E-state index contributed by atoms with van der Waals surface area (Å²) in [6.07, 6.45) is -2.17. The predicted molar refractivity (Wildman–Crippen MR) is 59.9 cm³/mol. The molecule has 0 aliphatic carbocycles. The van der Waals surface area contributed by atoms with Crippen molar-refractivity contribution in [2.24, 2.45) is 5.92 Å². The van der Waals surface area contributed by atoms with Gasteiger partial charge in [-0.15, -0.1) is 0 Å². The molecule has 96 valence electrons. The number of rotatable bonds is 6. The Bertz CT molecular complexity index is 453. The van der Waals surface area contributed by atoms with Crippen molar-refractivity contribution < 1.29 is 29.7 Å². The smallest absolute Gasteiger partial charge is 0.372 e. The van der Waals surface area contributed by atoms with Gasteiger partial charge in [0.1, 0.15) is 0 Å². The van der Waals surface area contributed by atoms with Crippen molar-refractivity contribution in [2.45, 2.75) is 12.5 Å². The topological polar surface area (TPSA) is 112 Å².